The number of rotatable bonds is 3. The van der Waals surface area contributed by atoms with Crippen LogP contribution in [0.25, 0.3) is 0 Å². The maximum atomic E-state index is 11.0. The Morgan fingerprint density at radius 3 is 2.57 bits per heavy atom. The zero-order valence-corrected chi connectivity index (χ0v) is 8.98. The molecule has 0 aromatic carbocycles. The van der Waals surface area contributed by atoms with Gasteiger partial charge in [-0.25, -0.2) is 9.78 Å². The number of hydrogen-bond donors (Lipinski definition) is 1. The molecular weight excluding hydrogens is 180 g/mol. The smallest absolute Gasteiger partial charge is 0.329 e. The fourth-order valence-electron chi connectivity index (χ4n) is 1.32. The van der Waals surface area contributed by atoms with Gasteiger partial charge in [-0.05, 0) is 13.8 Å². The van der Waals surface area contributed by atoms with E-state index in [0.29, 0.717) is 0 Å². The molecule has 0 saturated heterocycles. The van der Waals surface area contributed by atoms with Crippen LogP contribution in [0.15, 0.2) is 12.4 Å². The van der Waals surface area contributed by atoms with Crippen molar-refractivity contribution in [2.24, 2.45) is 0 Å². The van der Waals surface area contributed by atoms with Crippen molar-refractivity contribution >= 4 is 5.97 Å². The minimum absolute atomic E-state index is 0.226. The van der Waals surface area contributed by atoms with Crippen LogP contribution in [0.5, 0.6) is 0 Å². The number of carbonyl (C=O) groups is 1. The molecule has 0 spiro atoms. The van der Waals surface area contributed by atoms with Crippen molar-refractivity contribution in [2.45, 2.75) is 39.2 Å². The molecule has 0 aliphatic carbocycles. The molecule has 0 aliphatic rings. The molecule has 78 valence electrons. The van der Waals surface area contributed by atoms with Crippen LogP contribution in [0.3, 0.4) is 0 Å². The molecule has 1 heterocycles. The summed E-state index contributed by atoms with van der Waals surface area (Å²) in [5, 5.41) is 9.07. The van der Waals surface area contributed by atoms with Gasteiger partial charge in [0, 0.05) is 18.3 Å². The van der Waals surface area contributed by atoms with Crippen molar-refractivity contribution in [3.8, 4) is 0 Å². The highest BCUT2D eigenvalue weighted by Gasteiger charge is 2.31. The van der Waals surface area contributed by atoms with Crippen LogP contribution < -0.4 is 0 Å². The topological polar surface area (TPSA) is 55.1 Å². The average Bonchev–Trinajstić information content (AvgIpc) is 2.51. The van der Waals surface area contributed by atoms with Gasteiger partial charge in [-0.15, -0.1) is 0 Å². The van der Waals surface area contributed by atoms with E-state index in [-0.39, 0.29) is 5.92 Å². The molecule has 0 atom stereocenters. The molecular formula is C10H16N2O2. The molecule has 4 nitrogen and oxygen atoms in total. The highest BCUT2D eigenvalue weighted by molar-refractivity contribution is 5.75. The number of imidazole rings is 1. The summed E-state index contributed by atoms with van der Waals surface area (Å²) in [5.74, 6) is 0.179. The summed E-state index contributed by atoms with van der Waals surface area (Å²) in [6, 6.07) is 0. The SMILES string of the molecule is CC(C)c1nccn1C(C)(C)C(=O)O. The van der Waals surface area contributed by atoms with E-state index in [1.165, 1.54) is 0 Å². The monoisotopic (exact) mass is 196 g/mol. The second-order valence-electron chi connectivity index (χ2n) is 4.17. The lowest BCUT2D eigenvalue weighted by molar-refractivity contribution is -0.145. The van der Waals surface area contributed by atoms with Crippen LogP contribution in [-0.2, 0) is 10.3 Å². The standard InChI is InChI=1S/C10H16N2O2/c1-7(2)8-11-5-6-12(8)10(3,4)9(13)14/h5-7H,1-4H3,(H,13,14). The molecule has 1 N–H and O–H groups in total. The van der Waals surface area contributed by atoms with Crippen molar-refractivity contribution in [2.75, 3.05) is 0 Å². The Morgan fingerprint density at radius 2 is 2.14 bits per heavy atom. The minimum atomic E-state index is -0.934. The van der Waals surface area contributed by atoms with Gasteiger partial charge in [-0.3, -0.25) is 0 Å². The lowest BCUT2D eigenvalue weighted by Gasteiger charge is -2.24. The summed E-state index contributed by atoms with van der Waals surface area (Å²) in [6.45, 7) is 7.33. The van der Waals surface area contributed by atoms with Gasteiger partial charge in [0.25, 0.3) is 0 Å². The van der Waals surface area contributed by atoms with Crippen molar-refractivity contribution in [3.05, 3.63) is 18.2 Å². The number of carboxylic acids is 1. The van der Waals surface area contributed by atoms with Crippen LogP contribution >= 0.6 is 0 Å². The normalized spacial score (nSPS) is 12.1. The fourth-order valence-corrected chi connectivity index (χ4v) is 1.32. The van der Waals surface area contributed by atoms with Gasteiger partial charge in [0.05, 0.1) is 0 Å². The van der Waals surface area contributed by atoms with Crippen molar-refractivity contribution < 1.29 is 9.90 Å². The molecule has 0 saturated carbocycles. The van der Waals surface area contributed by atoms with E-state index in [1.807, 2.05) is 13.8 Å². The number of hydrogen-bond acceptors (Lipinski definition) is 2. The Labute approximate surface area is 83.6 Å². The Kier molecular flexibility index (Phi) is 2.64. The van der Waals surface area contributed by atoms with Gasteiger partial charge in [-0.2, -0.15) is 0 Å². The third-order valence-corrected chi connectivity index (χ3v) is 2.31. The first-order chi connectivity index (χ1) is 6.37. The number of nitrogens with zero attached hydrogens (tertiary/aromatic N) is 2. The Bertz CT molecular complexity index is 340. The molecule has 0 radical (unpaired) electrons. The largest absolute Gasteiger partial charge is 0.480 e. The van der Waals surface area contributed by atoms with E-state index < -0.39 is 11.5 Å². The van der Waals surface area contributed by atoms with Gasteiger partial charge in [0.15, 0.2) is 0 Å². The number of aromatic nitrogens is 2. The van der Waals surface area contributed by atoms with E-state index in [1.54, 1.807) is 30.8 Å². The zero-order valence-electron chi connectivity index (χ0n) is 8.98. The molecule has 1 rings (SSSR count). The maximum absolute atomic E-state index is 11.0. The summed E-state index contributed by atoms with van der Waals surface area (Å²) < 4.78 is 1.71. The third-order valence-electron chi connectivity index (χ3n) is 2.31. The van der Waals surface area contributed by atoms with E-state index in [2.05, 4.69) is 4.98 Å². The van der Waals surface area contributed by atoms with Gasteiger partial charge in [0.2, 0.25) is 0 Å². The first kappa shape index (κ1) is 10.8. The van der Waals surface area contributed by atoms with E-state index >= 15 is 0 Å². The first-order valence-electron chi connectivity index (χ1n) is 4.64. The Balaban J connectivity index is 3.18. The molecule has 14 heavy (non-hydrogen) atoms. The van der Waals surface area contributed by atoms with E-state index in [0.717, 1.165) is 5.82 Å². The highest BCUT2D eigenvalue weighted by Crippen LogP contribution is 2.22. The minimum Gasteiger partial charge on any atom is -0.480 e. The molecule has 0 aliphatic heterocycles. The summed E-state index contributed by atoms with van der Waals surface area (Å²) in [6.07, 6.45) is 3.35. The van der Waals surface area contributed by atoms with Gasteiger partial charge >= 0.3 is 5.97 Å². The number of carboxylic acid groups (broad SMARTS) is 1. The maximum Gasteiger partial charge on any atom is 0.329 e. The predicted molar refractivity (Wildman–Crippen MR) is 53.3 cm³/mol. The van der Waals surface area contributed by atoms with E-state index in [4.69, 9.17) is 5.11 Å². The number of aliphatic carboxylic acids is 1. The lowest BCUT2D eigenvalue weighted by atomic mass is 10.0. The zero-order chi connectivity index (χ0) is 10.9. The average molecular weight is 196 g/mol. The van der Waals surface area contributed by atoms with E-state index in [9.17, 15) is 4.79 Å². The highest BCUT2D eigenvalue weighted by atomic mass is 16.4. The van der Waals surface area contributed by atoms with Crippen LogP contribution in [0.1, 0.15) is 39.4 Å². The molecule has 1 aromatic rings. The summed E-state index contributed by atoms with van der Waals surface area (Å²) in [4.78, 5) is 15.2. The summed E-state index contributed by atoms with van der Waals surface area (Å²) in [7, 11) is 0. The van der Waals surface area contributed by atoms with Crippen molar-refractivity contribution in [3.63, 3.8) is 0 Å². The lowest BCUT2D eigenvalue weighted by Crippen LogP contribution is -2.36. The van der Waals surface area contributed by atoms with Gasteiger partial charge in [-0.1, -0.05) is 13.8 Å². The fraction of sp³-hybridized carbons (Fsp3) is 0.600. The van der Waals surface area contributed by atoms with Crippen LogP contribution in [0.4, 0.5) is 0 Å². The second kappa shape index (κ2) is 3.44. The molecule has 0 amide bonds. The summed E-state index contributed by atoms with van der Waals surface area (Å²) in [5.41, 5.74) is -0.934. The van der Waals surface area contributed by atoms with Gasteiger partial charge in [0.1, 0.15) is 11.4 Å². The second-order valence-corrected chi connectivity index (χ2v) is 4.17. The predicted octanol–water partition coefficient (Wildman–Crippen LogP) is 1.83. The quantitative estimate of drug-likeness (QED) is 0.802. The molecule has 1 aromatic heterocycles. The van der Waals surface area contributed by atoms with Crippen LogP contribution in [0.2, 0.25) is 0 Å². The molecule has 4 heteroatoms. The first-order valence-corrected chi connectivity index (χ1v) is 4.64. The Morgan fingerprint density at radius 1 is 1.57 bits per heavy atom. The molecule has 0 unspecified atom stereocenters. The van der Waals surface area contributed by atoms with Gasteiger partial charge < -0.3 is 9.67 Å². The molecule has 0 fully saturated rings. The van der Waals surface area contributed by atoms with Crippen molar-refractivity contribution in [1.82, 2.24) is 9.55 Å². The summed E-state index contributed by atoms with van der Waals surface area (Å²) >= 11 is 0. The molecule has 0 bridgehead atoms. The third kappa shape index (κ3) is 1.64. The van der Waals surface area contributed by atoms with Crippen molar-refractivity contribution in [1.29, 1.82) is 0 Å². The van der Waals surface area contributed by atoms with Crippen LogP contribution in [0, 0.1) is 0 Å². The van der Waals surface area contributed by atoms with Crippen LogP contribution in [-0.4, -0.2) is 20.6 Å². The Hall–Kier alpha value is -1.32.